The third-order valence-electron chi connectivity index (χ3n) is 3.58. The lowest BCUT2D eigenvalue weighted by molar-refractivity contribution is -0.139. The zero-order valence-electron chi connectivity index (χ0n) is 14.0. The highest BCUT2D eigenvalue weighted by Gasteiger charge is 2.08. The summed E-state index contributed by atoms with van der Waals surface area (Å²) in [4.78, 5) is 35.4. The van der Waals surface area contributed by atoms with Crippen molar-refractivity contribution < 1.29 is 14.3 Å². The van der Waals surface area contributed by atoms with Crippen LogP contribution in [0.15, 0.2) is 44.4 Å². The van der Waals surface area contributed by atoms with Gasteiger partial charge in [0.2, 0.25) is 0 Å². The second-order valence-corrected chi connectivity index (χ2v) is 6.12. The summed E-state index contributed by atoms with van der Waals surface area (Å²) in [6.07, 6.45) is 2.82. The first-order valence-corrected chi connectivity index (χ1v) is 8.07. The van der Waals surface area contributed by atoms with Crippen molar-refractivity contribution in [2.75, 3.05) is 7.11 Å². The maximum absolute atomic E-state index is 11.9. The molecule has 0 aliphatic rings. The van der Waals surface area contributed by atoms with E-state index in [9.17, 15) is 14.4 Å². The molecule has 0 saturated heterocycles. The van der Waals surface area contributed by atoms with E-state index in [-0.39, 0.29) is 6.61 Å². The molecule has 1 heterocycles. The molecule has 1 aromatic heterocycles. The number of aromatic nitrogens is 2. The average Bonchev–Trinajstić information content (AvgIpc) is 2.60. The van der Waals surface area contributed by atoms with Crippen LogP contribution in [-0.4, -0.2) is 22.2 Å². The number of halogens is 1. The number of ether oxygens (including phenoxy) is 2. The Kier molecular flexibility index (Phi) is 5.97. The topological polar surface area (TPSA) is 79.5 Å². The summed E-state index contributed by atoms with van der Waals surface area (Å²) in [6, 6.07) is 6.65. The van der Waals surface area contributed by atoms with E-state index < -0.39 is 17.2 Å². The molecule has 0 radical (unpaired) electrons. The highest BCUT2D eigenvalue weighted by atomic mass is 79.9. The minimum absolute atomic E-state index is 0.180. The van der Waals surface area contributed by atoms with Crippen LogP contribution in [0.2, 0.25) is 0 Å². The Hall–Kier alpha value is -2.61. The third kappa shape index (κ3) is 4.48. The van der Waals surface area contributed by atoms with Crippen molar-refractivity contribution in [1.29, 1.82) is 0 Å². The molecule has 0 amide bonds. The molecule has 7 nitrogen and oxygen atoms in total. The lowest BCUT2D eigenvalue weighted by Gasteiger charge is -2.09. The predicted octanol–water partition coefficient (Wildman–Crippen LogP) is 1.61. The van der Waals surface area contributed by atoms with Gasteiger partial charge in [0.1, 0.15) is 12.4 Å². The fourth-order valence-corrected chi connectivity index (χ4v) is 2.48. The number of carbonyl (C=O) groups excluding carboxylic acids is 1. The number of hydrogen-bond donors (Lipinski definition) is 0. The van der Waals surface area contributed by atoms with E-state index in [0.717, 1.165) is 9.04 Å². The van der Waals surface area contributed by atoms with Gasteiger partial charge < -0.3 is 9.47 Å². The van der Waals surface area contributed by atoms with E-state index in [1.165, 1.54) is 37.9 Å². The number of carbonyl (C=O) groups is 1. The van der Waals surface area contributed by atoms with Crippen LogP contribution >= 0.6 is 15.9 Å². The molecule has 0 unspecified atom stereocenters. The van der Waals surface area contributed by atoms with E-state index in [1.807, 2.05) is 6.07 Å². The Balaban J connectivity index is 2.11. The van der Waals surface area contributed by atoms with Gasteiger partial charge >= 0.3 is 11.7 Å². The second-order valence-electron chi connectivity index (χ2n) is 5.20. The number of methoxy groups -OCH3 is 1. The van der Waals surface area contributed by atoms with Crippen molar-refractivity contribution in [2.45, 2.75) is 6.61 Å². The number of nitrogens with zero attached hydrogens (tertiary/aromatic N) is 2. The molecule has 8 heteroatoms. The van der Waals surface area contributed by atoms with E-state index in [4.69, 9.17) is 9.47 Å². The molecule has 1 aromatic carbocycles. The summed E-state index contributed by atoms with van der Waals surface area (Å²) in [5.41, 5.74) is 0.0845. The first-order chi connectivity index (χ1) is 11.8. The van der Waals surface area contributed by atoms with Gasteiger partial charge in [-0.3, -0.25) is 13.9 Å². The van der Waals surface area contributed by atoms with E-state index in [0.29, 0.717) is 17.0 Å². The summed E-state index contributed by atoms with van der Waals surface area (Å²) < 4.78 is 13.4. The van der Waals surface area contributed by atoms with Crippen molar-refractivity contribution in [1.82, 2.24) is 9.13 Å². The highest BCUT2D eigenvalue weighted by Crippen LogP contribution is 2.24. The largest absolute Gasteiger partial charge is 0.496 e. The van der Waals surface area contributed by atoms with E-state index in [1.54, 1.807) is 18.2 Å². The van der Waals surface area contributed by atoms with Crippen LogP contribution in [0.1, 0.15) is 11.3 Å². The molecular formula is C17H17BrN2O5. The van der Waals surface area contributed by atoms with Crippen LogP contribution in [0.4, 0.5) is 0 Å². The molecule has 2 rings (SSSR count). The number of rotatable bonds is 5. The van der Waals surface area contributed by atoms with Crippen LogP contribution in [0, 0.1) is 0 Å². The molecular weight excluding hydrogens is 392 g/mol. The molecule has 25 heavy (non-hydrogen) atoms. The zero-order chi connectivity index (χ0) is 18.6. The maximum Gasteiger partial charge on any atom is 0.331 e. The Labute approximate surface area is 152 Å². The quantitative estimate of drug-likeness (QED) is 0.554. The van der Waals surface area contributed by atoms with Gasteiger partial charge in [-0.25, -0.2) is 9.59 Å². The van der Waals surface area contributed by atoms with Crippen molar-refractivity contribution >= 4 is 28.0 Å². The Morgan fingerprint density at radius 3 is 2.60 bits per heavy atom. The first kappa shape index (κ1) is 18.7. The van der Waals surface area contributed by atoms with Crippen molar-refractivity contribution in [3.8, 4) is 5.75 Å². The van der Waals surface area contributed by atoms with Gasteiger partial charge in [0.15, 0.2) is 0 Å². The normalized spacial score (nSPS) is 10.9. The fourth-order valence-electron chi connectivity index (χ4n) is 2.10. The lowest BCUT2D eigenvalue weighted by atomic mass is 10.2. The zero-order valence-corrected chi connectivity index (χ0v) is 15.6. The maximum atomic E-state index is 11.9. The molecule has 0 aliphatic heterocycles. The molecule has 0 fully saturated rings. The van der Waals surface area contributed by atoms with E-state index >= 15 is 0 Å². The average molecular weight is 409 g/mol. The molecule has 132 valence electrons. The molecule has 0 bridgehead atoms. The van der Waals surface area contributed by atoms with E-state index in [2.05, 4.69) is 15.9 Å². The molecule has 0 atom stereocenters. The van der Waals surface area contributed by atoms with Crippen molar-refractivity contribution in [2.24, 2.45) is 14.1 Å². The molecule has 0 saturated carbocycles. The van der Waals surface area contributed by atoms with Crippen molar-refractivity contribution in [3.05, 3.63) is 66.9 Å². The first-order valence-electron chi connectivity index (χ1n) is 7.28. The van der Waals surface area contributed by atoms with Gasteiger partial charge in [-0.2, -0.15) is 0 Å². The SMILES string of the molecule is COc1ccc(Br)cc1/C=C/C(=O)OCc1cc(=O)n(C)c(=O)n1C. The van der Waals surface area contributed by atoms with Gasteiger partial charge in [-0.15, -0.1) is 0 Å². The Morgan fingerprint density at radius 1 is 1.20 bits per heavy atom. The van der Waals surface area contributed by atoms with Crippen molar-refractivity contribution in [3.63, 3.8) is 0 Å². The molecule has 0 N–H and O–H groups in total. The van der Waals surface area contributed by atoms with Crippen LogP contribution in [0.3, 0.4) is 0 Å². The number of benzene rings is 1. The Morgan fingerprint density at radius 2 is 1.92 bits per heavy atom. The smallest absolute Gasteiger partial charge is 0.331 e. The molecule has 2 aromatic rings. The van der Waals surface area contributed by atoms with Gasteiger partial charge in [-0.05, 0) is 24.3 Å². The lowest BCUT2D eigenvalue weighted by Crippen LogP contribution is -2.38. The number of hydrogen-bond acceptors (Lipinski definition) is 5. The fraction of sp³-hybridized carbons (Fsp3) is 0.235. The van der Waals surface area contributed by atoms with Gasteiger partial charge in [0.05, 0.1) is 12.8 Å². The minimum Gasteiger partial charge on any atom is -0.496 e. The summed E-state index contributed by atoms with van der Waals surface area (Å²) >= 11 is 3.35. The Bertz CT molecular complexity index is 943. The monoisotopic (exact) mass is 408 g/mol. The summed E-state index contributed by atoms with van der Waals surface area (Å²) in [7, 11) is 4.43. The second kappa shape index (κ2) is 7.98. The summed E-state index contributed by atoms with van der Waals surface area (Å²) in [5, 5.41) is 0. The summed E-state index contributed by atoms with van der Waals surface area (Å²) in [6.45, 7) is -0.180. The van der Waals surface area contributed by atoms with Gasteiger partial charge in [0.25, 0.3) is 5.56 Å². The molecule has 0 spiro atoms. The van der Waals surface area contributed by atoms with Gasteiger partial charge in [0, 0.05) is 36.3 Å². The predicted molar refractivity (Wildman–Crippen MR) is 96.4 cm³/mol. The number of esters is 1. The third-order valence-corrected chi connectivity index (χ3v) is 4.07. The standard InChI is InChI=1S/C17H17BrN2O5/c1-19-13(9-15(21)20(2)17(19)23)10-25-16(22)7-4-11-8-12(18)5-6-14(11)24-3/h4-9H,10H2,1-3H3/b7-4+. The minimum atomic E-state index is -0.602. The van der Waals surface area contributed by atoms with Crippen LogP contribution in [0.25, 0.3) is 6.08 Å². The highest BCUT2D eigenvalue weighted by molar-refractivity contribution is 9.10. The molecule has 0 aliphatic carbocycles. The van der Waals surface area contributed by atoms with Crippen LogP contribution in [-0.2, 0) is 30.2 Å². The van der Waals surface area contributed by atoms with Crippen LogP contribution < -0.4 is 16.0 Å². The van der Waals surface area contributed by atoms with Crippen LogP contribution in [0.5, 0.6) is 5.75 Å². The summed E-state index contributed by atoms with van der Waals surface area (Å²) in [5.74, 6) is 0.0105. The van der Waals surface area contributed by atoms with Gasteiger partial charge in [-0.1, -0.05) is 15.9 Å².